The lowest BCUT2D eigenvalue weighted by molar-refractivity contribution is 0.0697. The van der Waals surface area contributed by atoms with Crippen molar-refractivity contribution < 1.29 is 9.90 Å². The quantitative estimate of drug-likeness (QED) is 0.664. The molecule has 0 aromatic heterocycles. The Balaban J connectivity index is 2.51. The van der Waals surface area contributed by atoms with Crippen LogP contribution in [0.3, 0.4) is 0 Å². The smallest absolute Gasteiger partial charge is 0.335 e. The van der Waals surface area contributed by atoms with E-state index in [9.17, 15) is 4.79 Å². The number of carboxylic acids is 1. The van der Waals surface area contributed by atoms with Gasteiger partial charge in [0.25, 0.3) is 0 Å². The monoisotopic (exact) mass is 191 g/mol. The minimum absolute atomic E-state index is 0.301. The predicted octanol–water partition coefficient (Wildman–Crippen LogP) is 1.70. The molecule has 0 spiro atoms. The highest BCUT2D eigenvalue weighted by Gasteiger charge is 2.21. The van der Waals surface area contributed by atoms with Crippen molar-refractivity contribution in [2.24, 2.45) is 5.92 Å². The molecule has 3 nitrogen and oxygen atoms in total. The van der Waals surface area contributed by atoms with E-state index in [-0.39, 0.29) is 0 Å². The summed E-state index contributed by atoms with van der Waals surface area (Å²) in [6.45, 7) is 2.15. The third-order valence-electron chi connectivity index (χ3n) is 2.74. The molecule has 0 heterocycles. The van der Waals surface area contributed by atoms with Gasteiger partial charge in [-0.05, 0) is 42.0 Å². The van der Waals surface area contributed by atoms with Crippen LogP contribution in [-0.2, 0) is 12.8 Å². The van der Waals surface area contributed by atoms with E-state index < -0.39 is 5.97 Å². The van der Waals surface area contributed by atoms with E-state index in [0.29, 0.717) is 17.2 Å². The molecule has 0 aliphatic heterocycles. The lowest BCUT2D eigenvalue weighted by Crippen LogP contribution is -2.01. The van der Waals surface area contributed by atoms with Crippen LogP contribution in [0.25, 0.3) is 0 Å². The predicted molar refractivity (Wildman–Crippen MR) is 54.4 cm³/mol. The Kier molecular flexibility index (Phi) is 1.95. The summed E-state index contributed by atoms with van der Waals surface area (Å²) in [6, 6.07) is 3.30. The average Bonchev–Trinajstić information content (AvgIpc) is 2.45. The molecule has 74 valence electrons. The molecule has 3 N–H and O–H groups in total. The van der Waals surface area contributed by atoms with Crippen LogP contribution in [0.5, 0.6) is 0 Å². The Labute approximate surface area is 82.5 Å². The number of hydrogen-bond donors (Lipinski definition) is 2. The van der Waals surface area contributed by atoms with Gasteiger partial charge in [0, 0.05) is 5.69 Å². The Bertz CT molecular complexity index is 399. The van der Waals surface area contributed by atoms with Crippen molar-refractivity contribution in [2.75, 3.05) is 5.73 Å². The third kappa shape index (κ3) is 1.35. The summed E-state index contributed by atoms with van der Waals surface area (Å²) < 4.78 is 0. The molecular weight excluding hydrogens is 178 g/mol. The highest BCUT2D eigenvalue weighted by molar-refractivity contribution is 5.89. The first kappa shape index (κ1) is 9.06. The molecule has 0 radical (unpaired) electrons. The molecule has 1 aliphatic carbocycles. The van der Waals surface area contributed by atoms with E-state index in [0.717, 1.165) is 24.0 Å². The summed E-state index contributed by atoms with van der Waals surface area (Å²) in [7, 11) is 0. The van der Waals surface area contributed by atoms with Crippen LogP contribution in [0.4, 0.5) is 5.69 Å². The van der Waals surface area contributed by atoms with Crippen LogP contribution in [0.2, 0.25) is 0 Å². The van der Waals surface area contributed by atoms with Crippen molar-refractivity contribution in [1.29, 1.82) is 0 Å². The molecule has 0 fully saturated rings. The summed E-state index contributed by atoms with van der Waals surface area (Å²) in [5.74, 6) is -0.324. The lowest BCUT2D eigenvalue weighted by atomic mass is 10.0. The molecule has 1 aromatic carbocycles. The molecule has 0 saturated carbocycles. The number of carboxylic acid groups (broad SMARTS) is 1. The third-order valence-corrected chi connectivity index (χ3v) is 2.74. The number of nitrogen functional groups attached to an aromatic ring is 1. The summed E-state index contributed by atoms with van der Waals surface area (Å²) in [5.41, 5.74) is 8.99. The molecule has 1 aromatic rings. The van der Waals surface area contributed by atoms with E-state index in [1.54, 1.807) is 12.1 Å². The van der Waals surface area contributed by atoms with Gasteiger partial charge in [-0.2, -0.15) is 0 Å². The average molecular weight is 191 g/mol. The van der Waals surface area contributed by atoms with Gasteiger partial charge < -0.3 is 10.8 Å². The molecule has 0 saturated heterocycles. The highest BCUT2D eigenvalue weighted by atomic mass is 16.4. The van der Waals surface area contributed by atoms with E-state index >= 15 is 0 Å². The Hall–Kier alpha value is -1.51. The fourth-order valence-corrected chi connectivity index (χ4v) is 2.11. The van der Waals surface area contributed by atoms with Gasteiger partial charge in [-0.1, -0.05) is 6.92 Å². The molecule has 1 atom stereocenters. The molecule has 1 unspecified atom stereocenters. The maximum atomic E-state index is 10.8. The zero-order valence-electron chi connectivity index (χ0n) is 8.08. The number of fused-ring (bicyclic) bond motifs is 1. The van der Waals surface area contributed by atoms with E-state index in [1.165, 1.54) is 0 Å². The lowest BCUT2D eigenvalue weighted by Gasteiger charge is -2.05. The molecule has 0 bridgehead atoms. The second-order valence-electron chi connectivity index (χ2n) is 4.02. The molecule has 2 rings (SSSR count). The molecule has 14 heavy (non-hydrogen) atoms. The minimum Gasteiger partial charge on any atom is -0.478 e. The zero-order chi connectivity index (χ0) is 10.3. The van der Waals surface area contributed by atoms with Gasteiger partial charge in [-0.25, -0.2) is 4.79 Å². The SMILES string of the molecule is CC1Cc2cc(C(=O)O)cc(N)c2C1. The molecule has 0 amide bonds. The van der Waals surface area contributed by atoms with E-state index in [4.69, 9.17) is 10.8 Å². The number of hydrogen-bond acceptors (Lipinski definition) is 2. The number of anilines is 1. The van der Waals surface area contributed by atoms with Crippen LogP contribution >= 0.6 is 0 Å². The Morgan fingerprint density at radius 3 is 2.86 bits per heavy atom. The maximum Gasteiger partial charge on any atom is 0.335 e. The Morgan fingerprint density at radius 1 is 1.50 bits per heavy atom. The Morgan fingerprint density at radius 2 is 2.21 bits per heavy atom. The summed E-state index contributed by atoms with van der Waals surface area (Å²) in [5, 5.41) is 8.85. The van der Waals surface area contributed by atoms with Gasteiger partial charge in [-0.15, -0.1) is 0 Å². The van der Waals surface area contributed by atoms with Crippen LogP contribution in [0, 0.1) is 5.92 Å². The van der Waals surface area contributed by atoms with Crippen molar-refractivity contribution in [3.05, 3.63) is 28.8 Å². The van der Waals surface area contributed by atoms with E-state index in [1.807, 2.05) is 0 Å². The number of nitrogens with two attached hydrogens (primary N) is 1. The van der Waals surface area contributed by atoms with Crippen molar-refractivity contribution in [3.8, 4) is 0 Å². The first-order valence-corrected chi connectivity index (χ1v) is 4.72. The number of rotatable bonds is 1. The summed E-state index contributed by atoms with van der Waals surface area (Å²) in [6.07, 6.45) is 1.92. The van der Waals surface area contributed by atoms with E-state index in [2.05, 4.69) is 6.92 Å². The van der Waals surface area contributed by atoms with Crippen LogP contribution in [0.1, 0.15) is 28.4 Å². The number of benzene rings is 1. The molecule has 3 heteroatoms. The summed E-state index contributed by atoms with van der Waals surface area (Å²) in [4.78, 5) is 10.8. The van der Waals surface area contributed by atoms with Crippen LogP contribution < -0.4 is 5.73 Å². The van der Waals surface area contributed by atoms with Crippen molar-refractivity contribution in [3.63, 3.8) is 0 Å². The summed E-state index contributed by atoms with van der Waals surface area (Å²) >= 11 is 0. The van der Waals surface area contributed by atoms with Gasteiger partial charge in [0.05, 0.1) is 5.56 Å². The van der Waals surface area contributed by atoms with Gasteiger partial charge in [0.2, 0.25) is 0 Å². The molecular formula is C11H13NO2. The zero-order valence-corrected chi connectivity index (χ0v) is 8.08. The van der Waals surface area contributed by atoms with Crippen molar-refractivity contribution in [2.45, 2.75) is 19.8 Å². The first-order chi connectivity index (χ1) is 6.58. The second kappa shape index (κ2) is 3.01. The van der Waals surface area contributed by atoms with Gasteiger partial charge in [0.15, 0.2) is 0 Å². The minimum atomic E-state index is -0.904. The van der Waals surface area contributed by atoms with Gasteiger partial charge in [0.1, 0.15) is 0 Å². The first-order valence-electron chi connectivity index (χ1n) is 4.72. The fourth-order valence-electron chi connectivity index (χ4n) is 2.11. The van der Waals surface area contributed by atoms with Crippen molar-refractivity contribution >= 4 is 11.7 Å². The topological polar surface area (TPSA) is 63.3 Å². The second-order valence-corrected chi connectivity index (χ2v) is 4.02. The van der Waals surface area contributed by atoms with Crippen LogP contribution in [-0.4, -0.2) is 11.1 Å². The largest absolute Gasteiger partial charge is 0.478 e. The number of carbonyl (C=O) groups is 1. The van der Waals surface area contributed by atoms with Crippen LogP contribution in [0.15, 0.2) is 12.1 Å². The van der Waals surface area contributed by atoms with Gasteiger partial charge in [-0.3, -0.25) is 0 Å². The van der Waals surface area contributed by atoms with Gasteiger partial charge >= 0.3 is 5.97 Å². The molecule has 1 aliphatic rings. The number of aromatic carboxylic acids is 1. The fraction of sp³-hybridized carbons (Fsp3) is 0.364. The maximum absolute atomic E-state index is 10.8. The normalized spacial score (nSPS) is 19.4. The van der Waals surface area contributed by atoms with Crippen molar-refractivity contribution in [1.82, 2.24) is 0 Å². The highest BCUT2D eigenvalue weighted by Crippen LogP contribution is 2.31. The standard InChI is InChI=1S/C11H13NO2/c1-6-2-7-4-8(11(13)14)5-10(12)9(7)3-6/h4-6H,2-3,12H2,1H3,(H,13,14).